The van der Waals surface area contributed by atoms with E-state index in [2.05, 4.69) is 0 Å². The summed E-state index contributed by atoms with van der Waals surface area (Å²) in [7, 11) is 1.61. The molecule has 7 heteroatoms. The molecular weight excluding hydrogens is 292 g/mol. The second-order valence-electron chi connectivity index (χ2n) is 5.07. The smallest absolute Gasteiger partial charge is 0.264 e. The minimum Gasteiger partial charge on any atom is -0.389 e. The molecule has 0 spiro atoms. The molecule has 116 valence electrons. The fraction of sp³-hybridized carbons (Fsp3) is 0.571. The SMILES string of the molecule is COCc1ccc(C(=O)N2CCN(C(C)=O)C[C@@H](O)C2)s1. The van der Waals surface area contributed by atoms with Gasteiger partial charge in [0.25, 0.3) is 5.91 Å². The Morgan fingerprint density at radius 3 is 2.67 bits per heavy atom. The van der Waals surface area contributed by atoms with Crippen LogP contribution in [-0.2, 0) is 16.1 Å². The predicted octanol–water partition coefficient (Wildman–Crippen LogP) is 0.560. The first-order valence-electron chi connectivity index (χ1n) is 6.81. The lowest BCUT2D eigenvalue weighted by atomic mass is 10.3. The fourth-order valence-electron chi connectivity index (χ4n) is 2.33. The molecule has 1 aromatic heterocycles. The lowest BCUT2D eigenvalue weighted by Crippen LogP contribution is -2.37. The Morgan fingerprint density at radius 1 is 1.33 bits per heavy atom. The highest BCUT2D eigenvalue weighted by molar-refractivity contribution is 7.14. The van der Waals surface area contributed by atoms with Gasteiger partial charge in [0.05, 0.1) is 17.6 Å². The molecule has 21 heavy (non-hydrogen) atoms. The van der Waals surface area contributed by atoms with E-state index in [0.717, 1.165) is 4.88 Å². The summed E-state index contributed by atoms with van der Waals surface area (Å²) in [6.45, 7) is 3.37. The summed E-state index contributed by atoms with van der Waals surface area (Å²) < 4.78 is 5.05. The Labute approximate surface area is 127 Å². The average molecular weight is 312 g/mol. The molecule has 1 aromatic rings. The number of hydrogen-bond acceptors (Lipinski definition) is 5. The topological polar surface area (TPSA) is 70.1 Å². The molecule has 2 rings (SSSR count). The summed E-state index contributed by atoms with van der Waals surface area (Å²) in [6.07, 6.45) is -0.709. The van der Waals surface area contributed by atoms with Gasteiger partial charge in [-0.2, -0.15) is 0 Å². The summed E-state index contributed by atoms with van der Waals surface area (Å²) in [4.78, 5) is 28.7. The second kappa shape index (κ2) is 7.02. The Kier molecular flexibility index (Phi) is 5.33. The maximum atomic E-state index is 12.5. The Hall–Kier alpha value is -1.44. The molecule has 0 unspecified atom stereocenters. The van der Waals surface area contributed by atoms with Gasteiger partial charge in [-0.3, -0.25) is 9.59 Å². The summed E-state index contributed by atoms with van der Waals surface area (Å²) >= 11 is 1.40. The van der Waals surface area contributed by atoms with Gasteiger partial charge in [0.1, 0.15) is 0 Å². The molecule has 0 aliphatic carbocycles. The molecule has 1 N–H and O–H groups in total. The fourth-order valence-corrected chi connectivity index (χ4v) is 3.28. The van der Waals surface area contributed by atoms with Crippen molar-refractivity contribution in [2.75, 3.05) is 33.3 Å². The van der Waals surface area contributed by atoms with Crippen molar-refractivity contribution >= 4 is 23.2 Å². The minimum atomic E-state index is -0.709. The van der Waals surface area contributed by atoms with Crippen LogP contribution in [0.25, 0.3) is 0 Å². The maximum absolute atomic E-state index is 12.5. The van der Waals surface area contributed by atoms with Crippen LogP contribution < -0.4 is 0 Å². The van der Waals surface area contributed by atoms with Gasteiger partial charge in [0.15, 0.2) is 0 Å². The molecule has 0 radical (unpaired) electrons. The van der Waals surface area contributed by atoms with E-state index in [4.69, 9.17) is 4.74 Å². The van der Waals surface area contributed by atoms with Crippen LogP contribution in [0.4, 0.5) is 0 Å². The molecular formula is C14H20N2O4S. The van der Waals surface area contributed by atoms with Crippen molar-refractivity contribution in [1.29, 1.82) is 0 Å². The van der Waals surface area contributed by atoms with E-state index in [9.17, 15) is 14.7 Å². The normalized spacial score (nSPS) is 19.5. The zero-order valence-corrected chi connectivity index (χ0v) is 13.1. The van der Waals surface area contributed by atoms with Crippen molar-refractivity contribution in [1.82, 2.24) is 9.80 Å². The van der Waals surface area contributed by atoms with Crippen LogP contribution in [0.2, 0.25) is 0 Å². The van der Waals surface area contributed by atoms with Crippen LogP contribution in [0.15, 0.2) is 12.1 Å². The van der Waals surface area contributed by atoms with Gasteiger partial charge in [-0.1, -0.05) is 0 Å². The van der Waals surface area contributed by atoms with E-state index in [1.54, 1.807) is 23.0 Å². The van der Waals surface area contributed by atoms with Gasteiger partial charge in [-0.15, -0.1) is 11.3 Å². The third kappa shape index (κ3) is 4.03. The van der Waals surface area contributed by atoms with Crippen molar-refractivity contribution < 1.29 is 19.4 Å². The van der Waals surface area contributed by atoms with Crippen LogP contribution in [0.1, 0.15) is 21.5 Å². The van der Waals surface area contributed by atoms with Crippen molar-refractivity contribution in [2.45, 2.75) is 19.6 Å². The van der Waals surface area contributed by atoms with Gasteiger partial charge in [0, 0.05) is 45.1 Å². The predicted molar refractivity (Wildman–Crippen MR) is 79.2 cm³/mol. The minimum absolute atomic E-state index is 0.0816. The van der Waals surface area contributed by atoms with Gasteiger partial charge < -0.3 is 19.6 Å². The summed E-state index contributed by atoms with van der Waals surface area (Å²) in [5.74, 6) is -0.186. The Bertz CT molecular complexity index is 517. The number of nitrogens with zero attached hydrogens (tertiary/aromatic N) is 2. The van der Waals surface area contributed by atoms with E-state index in [-0.39, 0.29) is 24.9 Å². The number of aliphatic hydroxyl groups is 1. The summed E-state index contributed by atoms with van der Waals surface area (Å²) in [5, 5.41) is 9.96. The van der Waals surface area contributed by atoms with Gasteiger partial charge in [-0.25, -0.2) is 0 Å². The van der Waals surface area contributed by atoms with Crippen LogP contribution in [0.5, 0.6) is 0 Å². The van der Waals surface area contributed by atoms with Crippen LogP contribution in [-0.4, -0.2) is 66.1 Å². The molecule has 1 aliphatic rings. The van der Waals surface area contributed by atoms with Gasteiger partial charge >= 0.3 is 0 Å². The lowest BCUT2D eigenvalue weighted by molar-refractivity contribution is -0.129. The number of thiophene rings is 1. The van der Waals surface area contributed by atoms with E-state index < -0.39 is 6.10 Å². The molecule has 0 saturated carbocycles. The highest BCUT2D eigenvalue weighted by Gasteiger charge is 2.26. The monoisotopic (exact) mass is 312 g/mol. The second-order valence-corrected chi connectivity index (χ2v) is 6.24. The van der Waals surface area contributed by atoms with E-state index in [0.29, 0.717) is 24.6 Å². The first-order chi connectivity index (χ1) is 10.0. The zero-order valence-electron chi connectivity index (χ0n) is 12.2. The number of carbonyl (C=O) groups excluding carboxylic acids is 2. The van der Waals surface area contributed by atoms with E-state index >= 15 is 0 Å². The molecule has 1 atom stereocenters. The lowest BCUT2D eigenvalue weighted by Gasteiger charge is -2.20. The third-order valence-electron chi connectivity index (χ3n) is 3.39. The van der Waals surface area contributed by atoms with Crippen LogP contribution in [0, 0.1) is 0 Å². The van der Waals surface area contributed by atoms with Gasteiger partial charge in [-0.05, 0) is 12.1 Å². The number of carbonyl (C=O) groups is 2. The Morgan fingerprint density at radius 2 is 2.00 bits per heavy atom. The maximum Gasteiger partial charge on any atom is 0.264 e. The highest BCUT2D eigenvalue weighted by Crippen LogP contribution is 2.20. The number of rotatable bonds is 3. The summed E-state index contributed by atoms with van der Waals surface area (Å²) in [5.41, 5.74) is 0. The van der Waals surface area contributed by atoms with E-state index in [1.807, 2.05) is 6.07 Å². The first-order valence-corrected chi connectivity index (χ1v) is 7.63. The number of β-amino-alcohol motifs (C(OH)–C–C–N with tert-alkyl or cyclic N) is 1. The van der Waals surface area contributed by atoms with Crippen molar-refractivity contribution in [2.24, 2.45) is 0 Å². The van der Waals surface area contributed by atoms with E-state index in [1.165, 1.54) is 18.3 Å². The largest absolute Gasteiger partial charge is 0.389 e. The van der Waals surface area contributed by atoms with Crippen molar-refractivity contribution in [3.8, 4) is 0 Å². The number of ether oxygens (including phenoxy) is 1. The molecule has 1 fully saturated rings. The van der Waals surface area contributed by atoms with Crippen molar-refractivity contribution in [3.05, 3.63) is 21.9 Å². The average Bonchev–Trinajstić information content (AvgIpc) is 2.80. The molecule has 1 aliphatic heterocycles. The zero-order chi connectivity index (χ0) is 15.4. The van der Waals surface area contributed by atoms with Crippen LogP contribution >= 0.6 is 11.3 Å². The highest BCUT2D eigenvalue weighted by atomic mass is 32.1. The molecule has 0 aromatic carbocycles. The Balaban J connectivity index is 2.05. The molecule has 0 bridgehead atoms. The number of methoxy groups -OCH3 is 1. The van der Waals surface area contributed by atoms with Gasteiger partial charge in [0.2, 0.25) is 5.91 Å². The van der Waals surface area contributed by atoms with Crippen LogP contribution in [0.3, 0.4) is 0 Å². The van der Waals surface area contributed by atoms with Crippen molar-refractivity contribution in [3.63, 3.8) is 0 Å². The molecule has 2 heterocycles. The third-order valence-corrected chi connectivity index (χ3v) is 4.44. The molecule has 6 nitrogen and oxygen atoms in total. The molecule has 2 amide bonds. The quantitative estimate of drug-likeness (QED) is 0.885. The number of amides is 2. The first kappa shape index (κ1) is 15.9. The molecule has 1 saturated heterocycles. The number of hydrogen-bond donors (Lipinski definition) is 1. The standard InChI is InChI=1S/C14H20N2O4S/c1-10(17)15-5-6-16(8-11(18)7-15)14(19)13-4-3-12(21-13)9-20-2/h3-4,11,18H,5-9H2,1-2H3/t11-/m1/s1. The summed E-state index contributed by atoms with van der Waals surface area (Å²) in [6, 6.07) is 3.65. The number of aliphatic hydroxyl groups excluding tert-OH is 1.